The van der Waals surface area contributed by atoms with Crippen molar-refractivity contribution in [1.82, 2.24) is 29.0 Å². The van der Waals surface area contributed by atoms with Crippen LogP contribution in [0.1, 0.15) is 23.1 Å². The first-order valence-corrected chi connectivity index (χ1v) is 10.3. The minimum Gasteiger partial charge on any atom is -0.352 e. The summed E-state index contributed by atoms with van der Waals surface area (Å²) in [6.07, 6.45) is 2.23. The number of rotatable bonds is 5. The molecule has 5 aromatic rings. The number of aryl methyl sites for hydroxylation is 2. The van der Waals surface area contributed by atoms with Gasteiger partial charge in [0.25, 0.3) is 11.5 Å². The number of hydrogen-bond donors (Lipinski definition) is 1. The van der Waals surface area contributed by atoms with Crippen LogP contribution in [0, 0.1) is 0 Å². The van der Waals surface area contributed by atoms with Crippen molar-refractivity contribution in [3.05, 3.63) is 76.5 Å². The van der Waals surface area contributed by atoms with Gasteiger partial charge in [-0.25, -0.2) is 9.50 Å². The van der Waals surface area contributed by atoms with Gasteiger partial charge in [0.2, 0.25) is 0 Å². The molecule has 0 unspecified atom stereocenters. The Balaban J connectivity index is 1.40. The van der Waals surface area contributed by atoms with E-state index < -0.39 is 0 Å². The van der Waals surface area contributed by atoms with E-state index in [4.69, 9.17) is 0 Å². The van der Waals surface area contributed by atoms with Crippen LogP contribution in [0.5, 0.6) is 0 Å². The van der Waals surface area contributed by atoms with Crippen molar-refractivity contribution in [1.29, 1.82) is 0 Å². The SMILES string of the molecule is CCn1c(=O)c2ccnn2c2ccc(C(=O)NCCc3nc4ccccc4n3C)cc21. The third kappa shape index (κ3) is 3.07. The highest BCUT2D eigenvalue weighted by molar-refractivity contribution is 5.97. The smallest absolute Gasteiger partial charge is 0.277 e. The van der Waals surface area contributed by atoms with E-state index in [0.717, 1.165) is 22.4 Å². The second kappa shape index (κ2) is 7.39. The zero-order chi connectivity index (χ0) is 21.5. The molecular weight excluding hydrogens is 392 g/mol. The van der Waals surface area contributed by atoms with Crippen molar-refractivity contribution < 1.29 is 4.79 Å². The van der Waals surface area contributed by atoms with Gasteiger partial charge in [-0.2, -0.15) is 5.10 Å². The van der Waals surface area contributed by atoms with Gasteiger partial charge in [-0.3, -0.25) is 9.59 Å². The van der Waals surface area contributed by atoms with Crippen molar-refractivity contribution >= 4 is 33.5 Å². The highest BCUT2D eigenvalue weighted by Gasteiger charge is 2.14. The summed E-state index contributed by atoms with van der Waals surface area (Å²) in [5.41, 5.74) is 4.40. The van der Waals surface area contributed by atoms with Gasteiger partial charge in [-0.15, -0.1) is 0 Å². The average molecular weight is 414 g/mol. The number of nitrogens with zero attached hydrogens (tertiary/aromatic N) is 5. The van der Waals surface area contributed by atoms with Crippen molar-refractivity contribution in [2.45, 2.75) is 19.9 Å². The van der Waals surface area contributed by atoms with Crippen LogP contribution < -0.4 is 10.9 Å². The van der Waals surface area contributed by atoms with E-state index in [1.54, 1.807) is 33.5 Å². The quantitative estimate of drug-likeness (QED) is 0.479. The Hall–Kier alpha value is -3.94. The lowest BCUT2D eigenvalue weighted by Gasteiger charge is -2.12. The first-order valence-electron chi connectivity index (χ1n) is 10.3. The Labute approximate surface area is 177 Å². The molecule has 0 aliphatic heterocycles. The minimum absolute atomic E-state index is 0.119. The molecule has 8 nitrogen and oxygen atoms in total. The van der Waals surface area contributed by atoms with E-state index in [1.165, 1.54) is 0 Å². The van der Waals surface area contributed by atoms with Crippen molar-refractivity contribution in [2.24, 2.45) is 7.05 Å². The molecule has 0 atom stereocenters. The summed E-state index contributed by atoms with van der Waals surface area (Å²) in [7, 11) is 1.98. The fraction of sp³-hybridized carbons (Fsp3) is 0.217. The number of hydrogen-bond acceptors (Lipinski definition) is 4. The van der Waals surface area contributed by atoms with Gasteiger partial charge in [0, 0.05) is 32.1 Å². The average Bonchev–Trinajstić information content (AvgIpc) is 3.40. The van der Waals surface area contributed by atoms with Crippen LogP contribution in [0.4, 0.5) is 0 Å². The fourth-order valence-corrected chi connectivity index (χ4v) is 4.09. The van der Waals surface area contributed by atoms with Gasteiger partial charge in [-0.1, -0.05) is 12.1 Å². The molecule has 0 spiro atoms. The highest BCUT2D eigenvalue weighted by Crippen LogP contribution is 2.17. The largest absolute Gasteiger partial charge is 0.352 e. The van der Waals surface area contributed by atoms with Crippen LogP contribution in [0.15, 0.2) is 59.5 Å². The molecule has 0 saturated carbocycles. The van der Waals surface area contributed by atoms with E-state index >= 15 is 0 Å². The van der Waals surface area contributed by atoms with Crippen LogP contribution in [0.25, 0.3) is 27.6 Å². The predicted octanol–water partition coefficient (Wildman–Crippen LogP) is 2.53. The van der Waals surface area contributed by atoms with Crippen LogP contribution in [-0.2, 0) is 20.0 Å². The molecule has 156 valence electrons. The summed E-state index contributed by atoms with van der Waals surface area (Å²) >= 11 is 0. The van der Waals surface area contributed by atoms with Gasteiger partial charge in [0.1, 0.15) is 11.3 Å². The fourth-order valence-electron chi connectivity index (χ4n) is 4.09. The number of para-hydroxylation sites is 2. The number of carbonyl (C=O) groups excluding carboxylic acids is 1. The Morgan fingerprint density at radius 1 is 1.03 bits per heavy atom. The van der Waals surface area contributed by atoms with E-state index in [1.807, 2.05) is 48.9 Å². The molecule has 1 amide bonds. The molecule has 3 aromatic heterocycles. The molecule has 31 heavy (non-hydrogen) atoms. The number of aromatic nitrogens is 5. The predicted molar refractivity (Wildman–Crippen MR) is 119 cm³/mol. The number of imidazole rings is 1. The maximum absolute atomic E-state index is 12.8. The van der Waals surface area contributed by atoms with Crippen LogP contribution in [0.2, 0.25) is 0 Å². The monoisotopic (exact) mass is 414 g/mol. The number of fused-ring (bicyclic) bond motifs is 4. The van der Waals surface area contributed by atoms with E-state index in [2.05, 4.69) is 15.4 Å². The molecule has 2 aromatic carbocycles. The molecule has 3 heterocycles. The molecular formula is C23H22N6O2. The van der Waals surface area contributed by atoms with Gasteiger partial charge in [0.15, 0.2) is 0 Å². The topological polar surface area (TPSA) is 86.2 Å². The number of benzene rings is 2. The summed E-state index contributed by atoms with van der Waals surface area (Å²) < 4.78 is 5.34. The summed E-state index contributed by atoms with van der Waals surface area (Å²) in [4.78, 5) is 30.2. The Morgan fingerprint density at radius 2 is 1.87 bits per heavy atom. The molecule has 8 heteroatoms. The van der Waals surface area contributed by atoms with Crippen molar-refractivity contribution in [3.8, 4) is 0 Å². The van der Waals surface area contributed by atoms with Crippen molar-refractivity contribution in [2.75, 3.05) is 6.54 Å². The molecule has 0 aliphatic carbocycles. The summed E-state index contributed by atoms with van der Waals surface area (Å²) in [5, 5.41) is 7.23. The minimum atomic E-state index is -0.184. The van der Waals surface area contributed by atoms with Crippen molar-refractivity contribution in [3.63, 3.8) is 0 Å². The summed E-state index contributed by atoms with van der Waals surface area (Å²) in [6.45, 7) is 2.89. The van der Waals surface area contributed by atoms with E-state index in [9.17, 15) is 9.59 Å². The normalized spacial score (nSPS) is 11.5. The van der Waals surface area contributed by atoms with Crippen LogP contribution in [-0.4, -0.2) is 36.2 Å². The zero-order valence-corrected chi connectivity index (χ0v) is 17.4. The van der Waals surface area contributed by atoms with Gasteiger partial charge in [-0.05, 0) is 43.3 Å². The van der Waals surface area contributed by atoms with E-state index in [-0.39, 0.29) is 11.5 Å². The Morgan fingerprint density at radius 3 is 2.68 bits per heavy atom. The maximum atomic E-state index is 12.8. The number of amides is 1. The first kappa shape index (κ1) is 19.0. The molecule has 1 N–H and O–H groups in total. The lowest BCUT2D eigenvalue weighted by molar-refractivity contribution is 0.0954. The van der Waals surface area contributed by atoms with Crippen LogP contribution in [0.3, 0.4) is 0 Å². The van der Waals surface area contributed by atoms with E-state index in [0.29, 0.717) is 36.1 Å². The Bertz CT molecular complexity index is 1510. The molecule has 0 radical (unpaired) electrons. The zero-order valence-electron chi connectivity index (χ0n) is 17.4. The van der Waals surface area contributed by atoms with Gasteiger partial charge >= 0.3 is 0 Å². The van der Waals surface area contributed by atoms with Crippen LogP contribution >= 0.6 is 0 Å². The first-order chi connectivity index (χ1) is 15.1. The lowest BCUT2D eigenvalue weighted by Crippen LogP contribution is -2.27. The van der Waals surface area contributed by atoms with Gasteiger partial charge < -0.3 is 14.5 Å². The molecule has 0 aliphatic rings. The molecule has 5 rings (SSSR count). The maximum Gasteiger partial charge on any atom is 0.277 e. The lowest BCUT2D eigenvalue weighted by atomic mass is 10.1. The molecule has 0 bridgehead atoms. The van der Waals surface area contributed by atoms with Gasteiger partial charge in [0.05, 0.1) is 28.3 Å². The second-order valence-corrected chi connectivity index (χ2v) is 7.46. The number of nitrogens with one attached hydrogen (secondary N) is 1. The molecule has 0 saturated heterocycles. The standard InChI is InChI=1S/C23H22N6O2/c1-3-28-20-14-15(8-9-18(20)29-19(23(28)31)10-13-25-29)22(30)24-12-11-21-26-16-6-4-5-7-17(16)27(21)2/h4-10,13-14H,3,11-12H2,1-2H3,(H,24,30). The molecule has 0 fully saturated rings. The Kier molecular flexibility index (Phi) is 4.54. The summed E-state index contributed by atoms with van der Waals surface area (Å²) in [6, 6.07) is 15.0. The third-order valence-corrected chi connectivity index (χ3v) is 5.69. The highest BCUT2D eigenvalue weighted by atomic mass is 16.1. The third-order valence-electron chi connectivity index (χ3n) is 5.69. The second-order valence-electron chi connectivity index (χ2n) is 7.46. The summed E-state index contributed by atoms with van der Waals surface area (Å²) in [5.74, 6) is 0.734. The number of carbonyl (C=O) groups is 1.